The Kier molecular flexibility index (Phi) is 11.3. The minimum atomic E-state index is -3.95. The van der Waals surface area contributed by atoms with Crippen molar-refractivity contribution >= 4 is 44.6 Å². The molecule has 1 aromatic heterocycles. The average molecular weight is 804 g/mol. The van der Waals surface area contributed by atoms with Gasteiger partial charge in [-0.3, -0.25) is 19.1 Å². The van der Waals surface area contributed by atoms with Crippen molar-refractivity contribution in [2.24, 2.45) is 17.8 Å². The SMILES string of the molecule is COc1cc2ccccc2c(O[C@@H]2C[C@H]3C(=O)N[C@]4(C(=O)NS(=O)(=O)C5CC5)C[C@H]4/C=C\CC[C@@H](C)C[C@@H](C)C(NC(=O)OC(C)(C)C(C)(F)F)C(=O)N3C2)n1. The molecular formula is C39H51F2N5O9S. The van der Waals surface area contributed by atoms with E-state index in [2.05, 4.69) is 20.3 Å². The molecule has 1 saturated heterocycles. The third-order valence-electron chi connectivity index (χ3n) is 11.5. The molecule has 4 aliphatic rings. The zero-order valence-corrected chi connectivity index (χ0v) is 33.3. The van der Waals surface area contributed by atoms with Crippen LogP contribution in [0.2, 0.25) is 0 Å². The Hall–Kier alpha value is -4.54. The number of aromatic nitrogens is 1. The van der Waals surface area contributed by atoms with E-state index >= 15 is 0 Å². The average Bonchev–Trinajstić information content (AvgIpc) is 4.04. The van der Waals surface area contributed by atoms with Gasteiger partial charge in [0.25, 0.3) is 11.8 Å². The Balaban J connectivity index is 1.36. The zero-order chi connectivity index (χ0) is 40.8. The van der Waals surface area contributed by atoms with Crippen LogP contribution in [0.5, 0.6) is 11.8 Å². The quantitative estimate of drug-likeness (QED) is 0.303. The van der Waals surface area contributed by atoms with E-state index in [1.165, 1.54) is 12.0 Å². The second kappa shape index (κ2) is 15.4. The van der Waals surface area contributed by atoms with Crippen LogP contribution < -0.4 is 24.8 Å². The maximum absolute atomic E-state index is 14.8. The summed E-state index contributed by atoms with van der Waals surface area (Å²) in [5.41, 5.74) is -3.81. The fraction of sp³-hybridized carbons (Fsp3) is 0.615. The highest BCUT2D eigenvalue weighted by Crippen LogP contribution is 2.46. The van der Waals surface area contributed by atoms with Gasteiger partial charge in [-0.05, 0) is 75.7 Å². The number of pyridine rings is 1. The minimum Gasteiger partial charge on any atom is -0.481 e. The normalized spacial score (nSPS) is 29.5. The molecule has 14 nitrogen and oxygen atoms in total. The number of hydrogen-bond donors (Lipinski definition) is 3. The number of benzene rings is 1. The molecule has 0 spiro atoms. The van der Waals surface area contributed by atoms with Gasteiger partial charge < -0.3 is 29.7 Å². The van der Waals surface area contributed by atoms with E-state index in [0.29, 0.717) is 44.4 Å². The van der Waals surface area contributed by atoms with E-state index in [1.54, 1.807) is 25.1 Å². The van der Waals surface area contributed by atoms with Crippen molar-refractivity contribution in [3.8, 4) is 11.8 Å². The summed E-state index contributed by atoms with van der Waals surface area (Å²) >= 11 is 0. The standard InChI is InChI=1S/C39H51F2N5O9S/c1-22-11-7-9-13-25-20-39(25,35(49)45-56(51,52)27-15-16-27)44-32(47)29-19-26(54-33-28-14-10-8-12-24(28)18-30(42-33)53-6)21-46(29)34(48)31(23(2)17-22)43-36(50)55-37(3,4)38(5,40)41/h8-10,12-14,18,22-23,25-27,29,31H,7,11,15-17,19-21H2,1-6H3,(H,43,50)(H,44,47)(H,45,49)/b13-9-/t22-,23-,25-,26-,29+,31?,39-/m1/s1. The Bertz CT molecular complexity index is 2000. The number of nitrogens with one attached hydrogen (secondary N) is 3. The fourth-order valence-electron chi connectivity index (χ4n) is 7.47. The summed E-state index contributed by atoms with van der Waals surface area (Å²) in [7, 11) is -2.49. The maximum Gasteiger partial charge on any atom is 0.408 e. The summed E-state index contributed by atoms with van der Waals surface area (Å²) in [6.45, 7) is 6.34. The van der Waals surface area contributed by atoms with Gasteiger partial charge in [0.15, 0.2) is 5.60 Å². The molecule has 6 rings (SSSR count). The summed E-state index contributed by atoms with van der Waals surface area (Å²) in [6, 6.07) is 6.46. The van der Waals surface area contributed by atoms with E-state index in [4.69, 9.17) is 14.2 Å². The first-order chi connectivity index (χ1) is 26.2. The van der Waals surface area contributed by atoms with Crippen LogP contribution in [0.1, 0.15) is 79.6 Å². The lowest BCUT2D eigenvalue weighted by atomic mass is 9.88. The number of alkyl halides is 2. The van der Waals surface area contributed by atoms with Crippen molar-refractivity contribution in [1.29, 1.82) is 0 Å². The van der Waals surface area contributed by atoms with Crippen molar-refractivity contribution in [3.63, 3.8) is 0 Å². The third kappa shape index (κ3) is 8.71. The first-order valence-corrected chi connectivity index (χ1v) is 20.6. The highest BCUT2D eigenvalue weighted by atomic mass is 32.2. The van der Waals surface area contributed by atoms with Crippen LogP contribution in [0.25, 0.3) is 10.8 Å². The van der Waals surface area contributed by atoms with Crippen LogP contribution in [0.4, 0.5) is 13.6 Å². The number of nitrogens with zero attached hydrogens (tertiary/aromatic N) is 2. The predicted molar refractivity (Wildman–Crippen MR) is 201 cm³/mol. The van der Waals surface area contributed by atoms with Gasteiger partial charge in [0.1, 0.15) is 23.7 Å². The second-order valence-electron chi connectivity index (χ2n) is 16.4. The Morgan fingerprint density at radius 2 is 1.79 bits per heavy atom. The smallest absolute Gasteiger partial charge is 0.408 e. The van der Waals surface area contributed by atoms with Crippen molar-refractivity contribution < 1.29 is 50.6 Å². The molecule has 56 heavy (non-hydrogen) atoms. The Morgan fingerprint density at radius 1 is 1.07 bits per heavy atom. The maximum atomic E-state index is 14.8. The predicted octanol–water partition coefficient (Wildman–Crippen LogP) is 4.62. The minimum absolute atomic E-state index is 0.0258. The van der Waals surface area contributed by atoms with E-state index in [0.717, 1.165) is 19.2 Å². The Labute approximate surface area is 325 Å². The van der Waals surface area contributed by atoms with Crippen molar-refractivity contribution in [1.82, 2.24) is 25.2 Å². The number of amides is 4. The first kappa shape index (κ1) is 41.1. The molecule has 4 amide bonds. The molecular weight excluding hydrogens is 753 g/mol. The molecule has 1 unspecified atom stereocenters. The number of fused-ring (bicyclic) bond motifs is 3. The summed E-state index contributed by atoms with van der Waals surface area (Å²) in [4.78, 5) is 62.0. The molecule has 17 heteroatoms. The van der Waals surface area contributed by atoms with Gasteiger partial charge in [0.05, 0.1) is 18.9 Å². The molecule has 2 saturated carbocycles. The van der Waals surface area contributed by atoms with E-state index in [9.17, 15) is 36.4 Å². The van der Waals surface area contributed by atoms with Crippen LogP contribution in [0.3, 0.4) is 0 Å². The lowest BCUT2D eigenvalue weighted by Gasteiger charge is -2.35. The largest absolute Gasteiger partial charge is 0.481 e. The highest BCUT2D eigenvalue weighted by Gasteiger charge is 2.62. The number of halogens is 2. The van der Waals surface area contributed by atoms with Crippen LogP contribution in [-0.2, 0) is 29.1 Å². The number of allylic oxidation sites excluding steroid dienone is 1. The Morgan fingerprint density at radius 3 is 2.46 bits per heavy atom. The zero-order valence-electron chi connectivity index (χ0n) is 32.5. The summed E-state index contributed by atoms with van der Waals surface area (Å²) in [6.07, 6.45) is 4.28. The number of carbonyl (C=O) groups is 4. The molecule has 3 N–H and O–H groups in total. The van der Waals surface area contributed by atoms with Gasteiger partial charge in [-0.1, -0.05) is 44.2 Å². The molecule has 2 aromatic rings. The summed E-state index contributed by atoms with van der Waals surface area (Å²) in [5.74, 6) is -6.24. The summed E-state index contributed by atoms with van der Waals surface area (Å²) < 4.78 is 73.6. The van der Waals surface area contributed by atoms with E-state index in [1.807, 2.05) is 31.2 Å². The van der Waals surface area contributed by atoms with Gasteiger partial charge in [0, 0.05) is 30.7 Å². The van der Waals surface area contributed by atoms with Crippen LogP contribution in [0.15, 0.2) is 42.5 Å². The molecule has 3 heterocycles. The third-order valence-corrected chi connectivity index (χ3v) is 13.3. The van der Waals surface area contributed by atoms with E-state index < -0.39 is 86.2 Å². The number of hydrogen-bond acceptors (Lipinski definition) is 10. The number of rotatable bonds is 9. The molecule has 7 atom stereocenters. The number of sulfonamides is 1. The number of alkyl carbamates (subject to hydrolysis) is 1. The van der Waals surface area contributed by atoms with Crippen molar-refractivity contribution in [2.45, 2.75) is 120 Å². The molecule has 3 fully saturated rings. The van der Waals surface area contributed by atoms with Gasteiger partial charge in [-0.2, -0.15) is 4.98 Å². The second-order valence-corrected chi connectivity index (χ2v) is 18.3. The molecule has 0 radical (unpaired) electrons. The highest BCUT2D eigenvalue weighted by molar-refractivity contribution is 7.91. The molecule has 1 aromatic carbocycles. The monoisotopic (exact) mass is 803 g/mol. The summed E-state index contributed by atoms with van der Waals surface area (Å²) in [5, 5.41) is 6.10. The van der Waals surface area contributed by atoms with Gasteiger partial charge >= 0.3 is 6.09 Å². The van der Waals surface area contributed by atoms with Crippen molar-refractivity contribution in [3.05, 3.63) is 42.5 Å². The molecule has 2 aliphatic carbocycles. The van der Waals surface area contributed by atoms with E-state index in [-0.39, 0.29) is 37.1 Å². The number of carbonyl (C=O) groups excluding carboxylic acids is 4. The number of ether oxygens (including phenoxy) is 3. The molecule has 0 bridgehead atoms. The molecule has 2 aliphatic heterocycles. The number of methoxy groups -OCH3 is 1. The van der Waals surface area contributed by atoms with Crippen LogP contribution in [0, 0.1) is 17.8 Å². The van der Waals surface area contributed by atoms with Crippen LogP contribution >= 0.6 is 0 Å². The van der Waals surface area contributed by atoms with Gasteiger partial charge in [-0.25, -0.2) is 22.0 Å². The van der Waals surface area contributed by atoms with Gasteiger partial charge in [0.2, 0.25) is 33.6 Å². The topological polar surface area (TPSA) is 182 Å². The first-order valence-electron chi connectivity index (χ1n) is 19.1. The van der Waals surface area contributed by atoms with Crippen molar-refractivity contribution in [2.75, 3.05) is 13.7 Å². The molecule has 306 valence electrons. The fourth-order valence-corrected chi connectivity index (χ4v) is 8.83. The lowest BCUT2D eigenvalue weighted by molar-refractivity contribution is -0.152. The van der Waals surface area contributed by atoms with Crippen LogP contribution in [-0.4, -0.2) is 96.3 Å². The lowest BCUT2D eigenvalue weighted by Crippen LogP contribution is -2.59. The van der Waals surface area contributed by atoms with Gasteiger partial charge in [-0.15, -0.1) is 0 Å².